The zero-order valence-corrected chi connectivity index (χ0v) is 14.6. The monoisotopic (exact) mass is 338 g/mol. The van der Waals surface area contributed by atoms with Gasteiger partial charge in [0.2, 0.25) is 0 Å². The van der Waals surface area contributed by atoms with Crippen molar-refractivity contribution in [3.05, 3.63) is 60.2 Å². The van der Waals surface area contributed by atoms with Crippen LogP contribution in [0.1, 0.15) is 31.2 Å². The van der Waals surface area contributed by atoms with Crippen molar-refractivity contribution < 1.29 is 9.53 Å². The molecule has 1 aliphatic rings. The standard InChI is InChI=1S/C21H26N2O2/c24-21(22-19-8-4-3-5-9-19)25-20-12-10-18(11-13-20)14-17-23-15-6-1-2-7-16-23/h3-5,8-13H,1-2,6-7,14-17H2,(H,22,24). The molecule has 0 spiro atoms. The maximum atomic E-state index is 11.9. The van der Waals surface area contributed by atoms with Crippen LogP contribution < -0.4 is 10.1 Å². The van der Waals surface area contributed by atoms with E-state index in [9.17, 15) is 4.79 Å². The molecule has 132 valence electrons. The first-order valence-corrected chi connectivity index (χ1v) is 9.15. The molecule has 4 heteroatoms. The van der Waals surface area contributed by atoms with Crippen molar-refractivity contribution in [1.29, 1.82) is 0 Å². The van der Waals surface area contributed by atoms with Gasteiger partial charge in [0.05, 0.1) is 0 Å². The molecular weight excluding hydrogens is 312 g/mol. The van der Waals surface area contributed by atoms with Crippen molar-refractivity contribution in [2.75, 3.05) is 25.0 Å². The van der Waals surface area contributed by atoms with Crippen LogP contribution in [-0.2, 0) is 6.42 Å². The second kappa shape index (κ2) is 9.23. The minimum absolute atomic E-state index is 0.469. The minimum atomic E-state index is -0.469. The Hall–Kier alpha value is -2.33. The van der Waals surface area contributed by atoms with Crippen LogP contribution >= 0.6 is 0 Å². The Morgan fingerprint density at radius 2 is 1.60 bits per heavy atom. The molecule has 3 rings (SSSR count). The lowest BCUT2D eigenvalue weighted by Crippen LogP contribution is -2.26. The number of hydrogen-bond acceptors (Lipinski definition) is 3. The molecule has 0 bridgehead atoms. The molecule has 2 aromatic carbocycles. The van der Waals surface area contributed by atoms with Crippen LogP contribution in [0.25, 0.3) is 0 Å². The van der Waals surface area contributed by atoms with Crippen LogP contribution in [0.5, 0.6) is 5.75 Å². The van der Waals surface area contributed by atoms with Gasteiger partial charge in [-0.2, -0.15) is 0 Å². The molecule has 4 nitrogen and oxygen atoms in total. The van der Waals surface area contributed by atoms with E-state index in [-0.39, 0.29) is 0 Å². The zero-order valence-electron chi connectivity index (χ0n) is 14.6. The van der Waals surface area contributed by atoms with Crippen LogP contribution in [-0.4, -0.2) is 30.6 Å². The summed E-state index contributed by atoms with van der Waals surface area (Å²) in [5.41, 5.74) is 2.00. The van der Waals surface area contributed by atoms with E-state index in [1.807, 2.05) is 54.6 Å². The van der Waals surface area contributed by atoms with E-state index in [0.29, 0.717) is 5.75 Å². The number of carbonyl (C=O) groups excluding carboxylic acids is 1. The molecule has 2 aromatic rings. The average Bonchev–Trinajstić information content (AvgIpc) is 2.91. The third kappa shape index (κ3) is 5.91. The summed E-state index contributed by atoms with van der Waals surface area (Å²) in [7, 11) is 0. The number of amides is 1. The second-order valence-corrected chi connectivity index (χ2v) is 6.53. The molecule has 0 aromatic heterocycles. The highest BCUT2D eigenvalue weighted by atomic mass is 16.6. The highest BCUT2D eigenvalue weighted by Gasteiger charge is 2.09. The van der Waals surface area contributed by atoms with Gasteiger partial charge in [0.1, 0.15) is 5.75 Å². The number of para-hydroxylation sites is 1. The van der Waals surface area contributed by atoms with Gasteiger partial charge in [0.15, 0.2) is 0 Å². The SMILES string of the molecule is O=C(Nc1ccccc1)Oc1ccc(CCN2CCCCCC2)cc1. The van der Waals surface area contributed by atoms with Gasteiger partial charge < -0.3 is 9.64 Å². The fraction of sp³-hybridized carbons (Fsp3) is 0.381. The molecular formula is C21H26N2O2. The lowest BCUT2D eigenvalue weighted by Gasteiger charge is -2.19. The van der Waals surface area contributed by atoms with Crippen LogP contribution in [0.2, 0.25) is 0 Å². The maximum Gasteiger partial charge on any atom is 0.417 e. The molecule has 1 N–H and O–H groups in total. The van der Waals surface area contributed by atoms with Crippen molar-refractivity contribution in [2.45, 2.75) is 32.1 Å². The first kappa shape index (κ1) is 17.5. The molecule has 1 amide bonds. The summed E-state index contributed by atoms with van der Waals surface area (Å²) in [5, 5.41) is 2.71. The Bertz CT molecular complexity index is 647. The Balaban J connectivity index is 1.45. The topological polar surface area (TPSA) is 41.6 Å². The summed E-state index contributed by atoms with van der Waals surface area (Å²) in [4.78, 5) is 14.5. The molecule has 1 heterocycles. The van der Waals surface area contributed by atoms with Crippen molar-refractivity contribution in [1.82, 2.24) is 4.90 Å². The Labute approximate surface area is 149 Å². The Kier molecular flexibility index (Phi) is 6.46. The fourth-order valence-corrected chi connectivity index (χ4v) is 3.14. The first-order valence-electron chi connectivity index (χ1n) is 9.15. The van der Waals surface area contributed by atoms with Crippen LogP contribution in [0.4, 0.5) is 10.5 Å². The van der Waals surface area contributed by atoms with E-state index in [1.54, 1.807) is 0 Å². The number of anilines is 1. The molecule has 1 saturated heterocycles. The van der Waals surface area contributed by atoms with Gasteiger partial charge >= 0.3 is 6.09 Å². The number of nitrogens with zero attached hydrogens (tertiary/aromatic N) is 1. The van der Waals surface area contributed by atoms with Gasteiger partial charge in [-0.25, -0.2) is 4.79 Å². The summed E-state index contributed by atoms with van der Waals surface area (Å²) >= 11 is 0. The second-order valence-electron chi connectivity index (χ2n) is 6.53. The smallest absolute Gasteiger partial charge is 0.410 e. The first-order chi connectivity index (χ1) is 12.3. The van der Waals surface area contributed by atoms with E-state index in [2.05, 4.69) is 10.2 Å². The van der Waals surface area contributed by atoms with Crippen LogP contribution in [0.3, 0.4) is 0 Å². The van der Waals surface area contributed by atoms with Crippen LogP contribution in [0, 0.1) is 0 Å². The van der Waals surface area contributed by atoms with Gasteiger partial charge in [-0.3, -0.25) is 5.32 Å². The van der Waals surface area contributed by atoms with Gasteiger partial charge in [-0.1, -0.05) is 43.2 Å². The Morgan fingerprint density at radius 3 is 2.28 bits per heavy atom. The van der Waals surface area contributed by atoms with Crippen molar-refractivity contribution in [3.8, 4) is 5.75 Å². The van der Waals surface area contributed by atoms with E-state index in [0.717, 1.165) is 18.7 Å². The van der Waals surface area contributed by atoms with Gasteiger partial charge in [-0.15, -0.1) is 0 Å². The summed E-state index contributed by atoms with van der Waals surface area (Å²) < 4.78 is 5.32. The predicted octanol–water partition coefficient (Wildman–Crippen LogP) is 4.72. The summed E-state index contributed by atoms with van der Waals surface area (Å²) in [6.45, 7) is 3.55. The van der Waals surface area contributed by atoms with Gasteiger partial charge in [0.25, 0.3) is 0 Å². The lowest BCUT2D eigenvalue weighted by atomic mass is 10.1. The largest absolute Gasteiger partial charge is 0.417 e. The van der Waals surface area contributed by atoms with E-state index >= 15 is 0 Å². The molecule has 0 radical (unpaired) electrons. The molecule has 0 saturated carbocycles. The quantitative estimate of drug-likeness (QED) is 0.858. The Morgan fingerprint density at radius 1 is 0.920 bits per heavy atom. The molecule has 0 atom stereocenters. The van der Waals surface area contributed by atoms with E-state index in [1.165, 1.54) is 44.3 Å². The normalized spacial score (nSPS) is 15.4. The van der Waals surface area contributed by atoms with Crippen molar-refractivity contribution >= 4 is 11.8 Å². The molecule has 1 fully saturated rings. The lowest BCUT2D eigenvalue weighted by molar-refractivity contribution is 0.215. The van der Waals surface area contributed by atoms with Crippen molar-refractivity contribution in [2.24, 2.45) is 0 Å². The molecule has 1 aliphatic heterocycles. The van der Waals surface area contributed by atoms with Gasteiger partial charge in [-0.05, 0) is 62.2 Å². The van der Waals surface area contributed by atoms with Crippen molar-refractivity contribution in [3.63, 3.8) is 0 Å². The zero-order chi connectivity index (χ0) is 17.3. The fourth-order valence-electron chi connectivity index (χ4n) is 3.14. The number of likely N-dealkylation sites (tertiary alicyclic amines) is 1. The van der Waals surface area contributed by atoms with E-state index in [4.69, 9.17) is 4.74 Å². The molecule has 0 unspecified atom stereocenters. The number of rotatable bonds is 5. The summed E-state index contributed by atoms with van der Waals surface area (Å²) in [6.07, 6.45) is 5.95. The summed E-state index contributed by atoms with van der Waals surface area (Å²) in [6, 6.07) is 17.1. The third-order valence-corrected chi connectivity index (χ3v) is 4.57. The number of hydrogen-bond donors (Lipinski definition) is 1. The average molecular weight is 338 g/mol. The molecule has 25 heavy (non-hydrogen) atoms. The number of benzene rings is 2. The minimum Gasteiger partial charge on any atom is -0.410 e. The van der Waals surface area contributed by atoms with E-state index < -0.39 is 6.09 Å². The third-order valence-electron chi connectivity index (χ3n) is 4.57. The molecule has 0 aliphatic carbocycles. The van der Waals surface area contributed by atoms with Crippen LogP contribution in [0.15, 0.2) is 54.6 Å². The predicted molar refractivity (Wildman–Crippen MR) is 101 cm³/mol. The van der Waals surface area contributed by atoms with Gasteiger partial charge in [0, 0.05) is 12.2 Å². The number of carbonyl (C=O) groups is 1. The highest BCUT2D eigenvalue weighted by molar-refractivity contribution is 5.86. The maximum absolute atomic E-state index is 11.9. The highest BCUT2D eigenvalue weighted by Crippen LogP contribution is 2.15. The number of ether oxygens (including phenoxy) is 1. The summed E-state index contributed by atoms with van der Waals surface area (Å²) in [5.74, 6) is 0.562. The number of nitrogens with one attached hydrogen (secondary N) is 1.